The summed E-state index contributed by atoms with van der Waals surface area (Å²) < 4.78 is 2.49. The number of hydrogen-bond donors (Lipinski definition) is 0. The highest BCUT2D eigenvalue weighted by Crippen LogP contribution is 2.28. The third kappa shape index (κ3) is 2.96. The Labute approximate surface area is 123 Å². The summed E-state index contributed by atoms with van der Waals surface area (Å²) >= 11 is 10.9. The smallest absolute Gasteiger partial charge is 0.192 e. The molecule has 94 valence electrons. The molecule has 0 amide bonds. The van der Waals surface area contributed by atoms with Crippen LogP contribution in [0, 0.1) is 0 Å². The van der Waals surface area contributed by atoms with Crippen molar-refractivity contribution in [3.63, 3.8) is 0 Å². The maximum Gasteiger partial charge on any atom is 0.192 e. The van der Waals surface area contributed by atoms with E-state index in [1.165, 1.54) is 22.6 Å². The van der Waals surface area contributed by atoms with Crippen LogP contribution in [-0.2, 0) is 7.05 Å². The van der Waals surface area contributed by atoms with Gasteiger partial charge < -0.3 is 0 Å². The second kappa shape index (κ2) is 5.91. The van der Waals surface area contributed by atoms with Crippen molar-refractivity contribution in [2.45, 2.75) is 4.90 Å². The summed E-state index contributed by atoms with van der Waals surface area (Å²) in [7, 11) is 1.71. The molecule has 0 saturated carbocycles. The first-order valence-electron chi connectivity index (χ1n) is 5.17. The lowest BCUT2D eigenvalue weighted by Gasteiger charge is -2.04. The second-order valence-electron chi connectivity index (χ2n) is 3.61. The van der Waals surface area contributed by atoms with Crippen LogP contribution in [0.3, 0.4) is 0 Å². The molecule has 0 aliphatic carbocycles. The van der Waals surface area contributed by atoms with E-state index < -0.39 is 0 Å². The monoisotopic (exact) mass is 344 g/mol. The first-order chi connectivity index (χ1) is 8.59. The van der Waals surface area contributed by atoms with E-state index in [0.29, 0.717) is 16.5 Å². The molecule has 1 aromatic heterocycles. The van der Waals surface area contributed by atoms with Crippen LogP contribution in [0.5, 0.6) is 0 Å². The molecule has 0 unspecified atom stereocenters. The zero-order valence-electron chi connectivity index (χ0n) is 9.56. The lowest BCUT2D eigenvalue weighted by atomic mass is 10.3. The highest BCUT2D eigenvalue weighted by atomic mass is 79.9. The Kier molecular flexibility index (Phi) is 4.48. The maximum absolute atomic E-state index is 12.1. The van der Waals surface area contributed by atoms with Crippen molar-refractivity contribution >= 4 is 45.1 Å². The Morgan fingerprint density at radius 2 is 2.22 bits per heavy atom. The van der Waals surface area contributed by atoms with E-state index in [4.69, 9.17) is 11.6 Å². The van der Waals surface area contributed by atoms with Gasteiger partial charge in [0.05, 0.1) is 17.0 Å². The number of aryl methyl sites for hydroxylation is 1. The van der Waals surface area contributed by atoms with Crippen molar-refractivity contribution < 1.29 is 4.79 Å². The maximum atomic E-state index is 12.1. The molecule has 0 saturated heterocycles. The minimum atomic E-state index is -0.0271. The van der Waals surface area contributed by atoms with Gasteiger partial charge >= 0.3 is 0 Å². The standard InChI is InChI=1S/C12H10BrClN2OS/c1-16-12(9(14)6-15-16)10(17)7-18-11-5-3-2-4-8(11)13/h2-6H,7H2,1H3. The third-order valence-electron chi connectivity index (χ3n) is 2.35. The Morgan fingerprint density at radius 3 is 2.83 bits per heavy atom. The van der Waals surface area contributed by atoms with E-state index in [1.807, 2.05) is 24.3 Å². The molecule has 0 fully saturated rings. The van der Waals surface area contributed by atoms with E-state index >= 15 is 0 Å². The first kappa shape index (κ1) is 13.6. The van der Waals surface area contributed by atoms with Gasteiger partial charge in [0.1, 0.15) is 5.69 Å². The molecule has 0 bridgehead atoms. The predicted molar refractivity (Wildman–Crippen MR) is 77.4 cm³/mol. The van der Waals surface area contributed by atoms with Crippen LogP contribution in [0.2, 0.25) is 5.02 Å². The number of rotatable bonds is 4. The molecule has 0 atom stereocenters. The van der Waals surface area contributed by atoms with Gasteiger partial charge in [-0.05, 0) is 28.1 Å². The molecule has 18 heavy (non-hydrogen) atoms. The van der Waals surface area contributed by atoms with Gasteiger partial charge in [0, 0.05) is 16.4 Å². The zero-order chi connectivity index (χ0) is 13.1. The van der Waals surface area contributed by atoms with Gasteiger partial charge in [-0.2, -0.15) is 5.10 Å². The molecule has 0 radical (unpaired) electrons. The molecular formula is C12H10BrClN2OS. The summed E-state index contributed by atoms with van der Waals surface area (Å²) in [4.78, 5) is 13.1. The van der Waals surface area contributed by atoms with Gasteiger partial charge in [-0.1, -0.05) is 23.7 Å². The van der Waals surface area contributed by atoms with Crippen molar-refractivity contribution in [1.82, 2.24) is 9.78 Å². The molecule has 3 nitrogen and oxygen atoms in total. The fourth-order valence-electron chi connectivity index (χ4n) is 1.50. The van der Waals surface area contributed by atoms with Gasteiger partial charge in [-0.15, -0.1) is 11.8 Å². The van der Waals surface area contributed by atoms with Crippen LogP contribution in [0.25, 0.3) is 0 Å². The van der Waals surface area contributed by atoms with E-state index in [9.17, 15) is 4.79 Å². The quantitative estimate of drug-likeness (QED) is 0.624. The molecular weight excluding hydrogens is 336 g/mol. The summed E-state index contributed by atoms with van der Waals surface area (Å²) in [6, 6.07) is 7.79. The molecule has 1 heterocycles. The first-order valence-corrected chi connectivity index (χ1v) is 7.33. The number of ketones is 1. The fourth-order valence-corrected chi connectivity index (χ4v) is 3.20. The Morgan fingerprint density at radius 1 is 1.50 bits per heavy atom. The molecule has 0 aliphatic heterocycles. The largest absolute Gasteiger partial charge is 0.291 e. The second-order valence-corrected chi connectivity index (χ2v) is 5.89. The van der Waals surface area contributed by atoms with E-state index in [0.717, 1.165) is 9.37 Å². The lowest BCUT2D eigenvalue weighted by Crippen LogP contribution is -2.09. The molecule has 0 spiro atoms. The lowest BCUT2D eigenvalue weighted by molar-refractivity contribution is 0.101. The van der Waals surface area contributed by atoms with Gasteiger partial charge in [0.15, 0.2) is 5.78 Å². The summed E-state index contributed by atoms with van der Waals surface area (Å²) in [6.45, 7) is 0. The summed E-state index contributed by atoms with van der Waals surface area (Å²) in [5.41, 5.74) is 0.455. The van der Waals surface area contributed by atoms with Gasteiger partial charge in [0.2, 0.25) is 0 Å². The topological polar surface area (TPSA) is 34.9 Å². The molecule has 2 aromatic rings. The van der Waals surface area contributed by atoms with Crippen LogP contribution < -0.4 is 0 Å². The number of benzene rings is 1. The SMILES string of the molecule is Cn1ncc(Cl)c1C(=O)CSc1ccccc1Br. The van der Waals surface area contributed by atoms with E-state index in [2.05, 4.69) is 21.0 Å². The zero-order valence-corrected chi connectivity index (χ0v) is 12.7. The third-order valence-corrected chi connectivity index (χ3v) is 4.66. The van der Waals surface area contributed by atoms with Crippen LogP contribution >= 0.6 is 39.3 Å². The summed E-state index contributed by atoms with van der Waals surface area (Å²) in [5, 5.41) is 4.35. The van der Waals surface area contributed by atoms with Crippen molar-refractivity contribution in [3.8, 4) is 0 Å². The number of Topliss-reactive ketones (excluding diaryl/α,β-unsaturated/α-hetero) is 1. The minimum absolute atomic E-state index is 0.0271. The Bertz CT molecular complexity index is 566. The number of hydrogen-bond acceptors (Lipinski definition) is 3. The number of nitrogens with zero attached hydrogens (tertiary/aromatic N) is 2. The van der Waals surface area contributed by atoms with E-state index in [1.54, 1.807) is 7.05 Å². The van der Waals surface area contributed by atoms with Gasteiger partial charge in [-0.3, -0.25) is 9.48 Å². The molecule has 6 heteroatoms. The van der Waals surface area contributed by atoms with Crippen molar-refractivity contribution in [2.75, 3.05) is 5.75 Å². The van der Waals surface area contributed by atoms with Gasteiger partial charge in [-0.25, -0.2) is 0 Å². The van der Waals surface area contributed by atoms with Crippen molar-refractivity contribution in [2.24, 2.45) is 7.05 Å². The number of halogens is 2. The van der Waals surface area contributed by atoms with Crippen molar-refractivity contribution in [3.05, 3.63) is 45.7 Å². The average Bonchev–Trinajstić information content (AvgIpc) is 2.68. The number of carbonyl (C=O) groups is 1. The highest BCUT2D eigenvalue weighted by Gasteiger charge is 2.16. The summed E-state index contributed by atoms with van der Waals surface area (Å²) in [5.74, 6) is 0.308. The molecule has 2 rings (SSSR count). The molecule has 0 N–H and O–H groups in total. The van der Waals surface area contributed by atoms with Crippen molar-refractivity contribution in [1.29, 1.82) is 0 Å². The minimum Gasteiger partial charge on any atom is -0.291 e. The number of carbonyl (C=O) groups excluding carboxylic acids is 1. The van der Waals surface area contributed by atoms with Crippen LogP contribution in [0.4, 0.5) is 0 Å². The fraction of sp³-hybridized carbons (Fsp3) is 0.167. The molecule has 1 aromatic carbocycles. The summed E-state index contributed by atoms with van der Waals surface area (Å²) in [6.07, 6.45) is 1.48. The average molecular weight is 346 g/mol. The van der Waals surface area contributed by atoms with Crippen LogP contribution in [0.1, 0.15) is 10.5 Å². The normalized spacial score (nSPS) is 10.6. The molecule has 0 aliphatic rings. The van der Waals surface area contributed by atoms with E-state index in [-0.39, 0.29) is 5.78 Å². The predicted octanol–water partition coefficient (Wildman–Crippen LogP) is 3.81. The van der Waals surface area contributed by atoms with Crippen LogP contribution in [-0.4, -0.2) is 21.3 Å². The Balaban J connectivity index is 2.08. The number of thioether (sulfide) groups is 1. The van der Waals surface area contributed by atoms with Crippen LogP contribution in [0.15, 0.2) is 39.8 Å². The van der Waals surface area contributed by atoms with Gasteiger partial charge in [0.25, 0.3) is 0 Å². The number of aromatic nitrogens is 2. The Hall–Kier alpha value is -0.780. The highest BCUT2D eigenvalue weighted by molar-refractivity contribution is 9.10.